The molecular formula is C16H18FeN2S-6. The fraction of sp³-hybridized carbons (Fsp3) is 0.188. The van der Waals surface area contributed by atoms with Crippen LogP contribution in [0.2, 0.25) is 0 Å². The van der Waals surface area contributed by atoms with Gasteiger partial charge in [-0.1, -0.05) is 0 Å². The van der Waals surface area contributed by atoms with Crippen molar-refractivity contribution in [1.29, 1.82) is 0 Å². The van der Waals surface area contributed by atoms with Crippen molar-refractivity contribution in [3.05, 3.63) is 76.2 Å². The molecule has 2 aromatic carbocycles. The van der Waals surface area contributed by atoms with Gasteiger partial charge < -0.3 is 35.1 Å². The molecule has 3 aromatic rings. The maximum Gasteiger partial charge on any atom is 0.106 e. The van der Waals surface area contributed by atoms with Gasteiger partial charge in [-0.15, -0.1) is 11.3 Å². The Labute approximate surface area is 135 Å². The van der Waals surface area contributed by atoms with Gasteiger partial charge in [0, 0.05) is 34.7 Å². The van der Waals surface area contributed by atoms with Crippen LogP contribution in [-0.4, -0.2) is 4.98 Å². The second kappa shape index (κ2) is 9.67. The Morgan fingerprint density at radius 3 is 2.45 bits per heavy atom. The van der Waals surface area contributed by atoms with Crippen molar-refractivity contribution in [3.63, 3.8) is 0 Å². The number of nitrogens with zero attached hydrogens (tertiary/aromatic N) is 1. The minimum Gasteiger partial charge on any atom is -0.748 e. The summed E-state index contributed by atoms with van der Waals surface area (Å²) in [5, 5.41) is 4.53. The Balaban J connectivity index is 0.000000283. The standard InChI is InChI=1S/C11H13N2S.C5H5.Fe/c1-9-6-13-11(14-9)8-12-7-10-4-2-3-5-10;1-2-4-5-3-1;/h2-6,12H,7-8H2,1H3;1-5H;/q-5;-1;. The van der Waals surface area contributed by atoms with E-state index >= 15 is 0 Å². The first-order valence-corrected chi connectivity index (χ1v) is 7.15. The van der Waals surface area contributed by atoms with Gasteiger partial charge in [0.25, 0.3) is 0 Å². The third-order valence-electron chi connectivity index (χ3n) is 2.56. The van der Waals surface area contributed by atoms with Crippen LogP contribution < -0.4 is 5.32 Å². The van der Waals surface area contributed by atoms with E-state index in [0.717, 1.165) is 18.1 Å². The van der Waals surface area contributed by atoms with Crippen LogP contribution >= 0.6 is 11.3 Å². The Kier molecular flexibility index (Phi) is 8.16. The summed E-state index contributed by atoms with van der Waals surface area (Å²) < 4.78 is 0. The average molecular weight is 326 g/mol. The smallest absolute Gasteiger partial charge is 0.106 e. The van der Waals surface area contributed by atoms with Crippen LogP contribution in [-0.2, 0) is 30.2 Å². The molecule has 0 fully saturated rings. The molecule has 0 saturated heterocycles. The predicted molar refractivity (Wildman–Crippen MR) is 81.5 cm³/mol. The number of rotatable bonds is 4. The summed E-state index contributed by atoms with van der Waals surface area (Å²) in [6, 6.07) is 18.4. The Hall–Kier alpha value is -1.19. The maximum atomic E-state index is 4.29. The molecule has 2 nitrogen and oxygen atoms in total. The molecule has 3 rings (SSSR count). The van der Waals surface area contributed by atoms with Gasteiger partial charge in [-0.2, -0.15) is 24.7 Å². The quantitative estimate of drug-likeness (QED) is 0.582. The molecule has 112 valence electrons. The van der Waals surface area contributed by atoms with Gasteiger partial charge in [-0.05, 0) is 6.92 Å². The van der Waals surface area contributed by atoms with Crippen LogP contribution in [0.15, 0.2) is 60.8 Å². The largest absolute Gasteiger partial charge is 0.748 e. The molecule has 0 radical (unpaired) electrons. The SMILES string of the molecule is Cc1cnc(CNC[c-]2[cH-][cH-][cH-][cH-]2)s1.[Fe].c1cc[cH-]c1. The van der Waals surface area contributed by atoms with E-state index in [9.17, 15) is 0 Å². The number of hydrogen-bond acceptors (Lipinski definition) is 3. The molecule has 0 spiro atoms. The molecular weight excluding hydrogens is 308 g/mol. The number of nitrogens with one attached hydrogen (secondary N) is 1. The molecule has 0 atom stereocenters. The van der Waals surface area contributed by atoms with Gasteiger partial charge in [0.15, 0.2) is 0 Å². The van der Waals surface area contributed by atoms with Crippen LogP contribution in [0.4, 0.5) is 0 Å². The molecule has 1 heterocycles. The van der Waals surface area contributed by atoms with Crippen LogP contribution in [0.3, 0.4) is 0 Å². The number of aryl methyl sites for hydroxylation is 1. The van der Waals surface area contributed by atoms with Crippen LogP contribution in [0.5, 0.6) is 0 Å². The molecule has 0 unspecified atom stereocenters. The minimum atomic E-state index is 0. The first kappa shape index (κ1) is 16.9. The van der Waals surface area contributed by atoms with Gasteiger partial charge in [0.1, 0.15) is 5.01 Å². The van der Waals surface area contributed by atoms with Crippen molar-refractivity contribution in [2.75, 3.05) is 0 Å². The molecule has 0 aliphatic heterocycles. The van der Waals surface area contributed by atoms with Crippen molar-refractivity contribution < 1.29 is 17.1 Å². The summed E-state index contributed by atoms with van der Waals surface area (Å²) in [6.07, 6.45) is 1.92. The Morgan fingerprint density at radius 2 is 1.95 bits per heavy atom. The van der Waals surface area contributed by atoms with Crippen LogP contribution in [0, 0.1) is 6.92 Å². The van der Waals surface area contributed by atoms with E-state index in [1.165, 1.54) is 10.4 Å². The predicted octanol–water partition coefficient (Wildman–Crippen LogP) is 3.86. The first-order chi connectivity index (χ1) is 9.34. The normalized spacial score (nSPS) is 9.45. The second-order valence-corrected chi connectivity index (χ2v) is 5.54. The summed E-state index contributed by atoms with van der Waals surface area (Å²) >= 11 is 1.75. The third kappa shape index (κ3) is 6.31. The van der Waals surface area contributed by atoms with Crippen molar-refractivity contribution in [2.24, 2.45) is 0 Å². The monoisotopic (exact) mass is 326 g/mol. The molecule has 1 aromatic heterocycles. The van der Waals surface area contributed by atoms with Crippen LogP contribution in [0.1, 0.15) is 15.4 Å². The van der Waals surface area contributed by atoms with Gasteiger partial charge in [0.05, 0.1) is 0 Å². The zero-order valence-electron chi connectivity index (χ0n) is 11.4. The summed E-state index contributed by atoms with van der Waals surface area (Å²) in [4.78, 5) is 5.56. The topological polar surface area (TPSA) is 24.9 Å². The second-order valence-electron chi connectivity index (χ2n) is 4.22. The fourth-order valence-electron chi connectivity index (χ4n) is 1.65. The molecule has 0 aliphatic rings. The van der Waals surface area contributed by atoms with Gasteiger partial charge in [-0.25, -0.2) is 17.1 Å². The Morgan fingerprint density at radius 1 is 1.25 bits per heavy atom. The molecule has 0 amide bonds. The average Bonchev–Trinajstić information content (AvgIpc) is 3.12. The number of hydrogen-bond donors (Lipinski definition) is 1. The Bertz CT molecular complexity index is 524. The van der Waals surface area contributed by atoms with E-state index in [4.69, 9.17) is 0 Å². The van der Waals surface area contributed by atoms with E-state index < -0.39 is 0 Å². The van der Waals surface area contributed by atoms with E-state index in [1.54, 1.807) is 11.3 Å². The number of thiazole rings is 1. The van der Waals surface area contributed by atoms with Crippen molar-refractivity contribution in [1.82, 2.24) is 10.3 Å². The summed E-state index contributed by atoms with van der Waals surface area (Å²) in [5.41, 5.74) is 1.33. The van der Waals surface area contributed by atoms with E-state index in [2.05, 4.69) is 41.5 Å². The first-order valence-electron chi connectivity index (χ1n) is 6.34. The molecule has 4 heteroatoms. The molecule has 1 N–H and O–H groups in total. The maximum absolute atomic E-state index is 4.29. The molecule has 0 aliphatic carbocycles. The summed E-state index contributed by atoms with van der Waals surface area (Å²) in [5.74, 6) is 0. The van der Waals surface area contributed by atoms with Gasteiger partial charge >= 0.3 is 0 Å². The van der Waals surface area contributed by atoms with Gasteiger partial charge in [-0.3, -0.25) is 0 Å². The zero-order valence-corrected chi connectivity index (χ0v) is 13.3. The van der Waals surface area contributed by atoms with E-state index in [1.807, 2.05) is 36.5 Å². The third-order valence-corrected chi connectivity index (χ3v) is 3.47. The fourth-order valence-corrected chi connectivity index (χ4v) is 2.41. The molecule has 20 heavy (non-hydrogen) atoms. The van der Waals surface area contributed by atoms with Crippen molar-refractivity contribution in [2.45, 2.75) is 20.0 Å². The minimum absolute atomic E-state index is 0. The van der Waals surface area contributed by atoms with Crippen molar-refractivity contribution >= 4 is 11.3 Å². The molecule has 0 bridgehead atoms. The molecule has 0 saturated carbocycles. The van der Waals surface area contributed by atoms with Gasteiger partial charge in [0.2, 0.25) is 0 Å². The zero-order chi connectivity index (χ0) is 13.3. The summed E-state index contributed by atoms with van der Waals surface area (Å²) in [6.45, 7) is 3.87. The van der Waals surface area contributed by atoms with Crippen molar-refractivity contribution in [3.8, 4) is 0 Å². The van der Waals surface area contributed by atoms with E-state index in [0.29, 0.717) is 0 Å². The summed E-state index contributed by atoms with van der Waals surface area (Å²) in [7, 11) is 0. The number of aromatic nitrogens is 1. The van der Waals surface area contributed by atoms with E-state index in [-0.39, 0.29) is 17.1 Å². The van der Waals surface area contributed by atoms with Crippen LogP contribution in [0.25, 0.3) is 0 Å².